The van der Waals surface area contributed by atoms with E-state index in [-0.39, 0.29) is 11.7 Å². The number of nitriles is 1. The lowest BCUT2D eigenvalue weighted by atomic mass is 9.90. The molecular formula is C12H11ClFNO. The Morgan fingerprint density at radius 2 is 2.31 bits per heavy atom. The van der Waals surface area contributed by atoms with Crippen LogP contribution in [0.1, 0.15) is 24.5 Å². The minimum absolute atomic E-state index is 0.290. The van der Waals surface area contributed by atoms with Gasteiger partial charge in [-0.05, 0) is 31.0 Å². The van der Waals surface area contributed by atoms with Crippen molar-refractivity contribution in [3.05, 3.63) is 34.6 Å². The quantitative estimate of drug-likeness (QED) is 0.752. The first-order valence-electron chi connectivity index (χ1n) is 5.18. The largest absolute Gasteiger partial charge is 0.372 e. The fraction of sp³-hybridized carbons (Fsp3) is 0.417. The van der Waals surface area contributed by atoms with Gasteiger partial charge in [0.15, 0.2) is 0 Å². The molecule has 1 heterocycles. The molecular weight excluding hydrogens is 229 g/mol. The van der Waals surface area contributed by atoms with Crippen molar-refractivity contribution in [2.45, 2.75) is 18.9 Å². The summed E-state index contributed by atoms with van der Waals surface area (Å²) in [4.78, 5) is 0. The van der Waals surface area contributed by atoms with Crippen LogP contribution in [-0.4, -0.2) is 6.61 Å². The normalized spacial score (nSPS) is 25.1. The molecule has 0 saturated carbocycles. The second kappa shape index (κ2) is 4.82. The van der Waals surface area contributed by atoms with Gasteiger partial charge in [-0.3, -0.25) is 0 Å². The molecule has 1 aromatic rings. The first-order chi connectivity index (χ1) is 7.72. The molecule has 2 nitrogen and oxygen atoms in total. The minimum atomic E-state index is -0.488. The molecule has 0 aromatic heterocycles. The van der Waals surface area contributed by atoms with Crippen molar-refractivity contribution in [3.63, 3.8) is 0 Å². The fourth-order valence-electron chi connectivity index (χ4n) is 1.95. The average Bonchev–Trinajstić information content (AvgIpc) is 2.32. The standard InChI is InChI=1S/C12H11ClFNO/c13-9-3-4-11(14)10(6-9)12-8(7-15)2-1-5-16-12/h3-4,6,8,12H,1-2,5H2. The molecule has 1 fully saturated rings. The molecule has 1 aromatic carbocycles. The van der Waals surface area contributed by atoms with Gasteiger partial charge in [0.25, 0.3) is 0 Å². The van der Waals surface area contributed by atoms with E-state index in [1.807, 2.05) is 0 Å². The maximum atomic E-state index is 13.6. The Morgan fingerprint density at radius 1 is 1.50 bits per heavy atom. The van der Waals surface area contributed by atoms with Gasteiger partial charge in [0, 0.05) is 17.2 Å². The second-order valence-corrected chi connectivity index (χ2v) is 4.27. The van der Waals surface area contributed by atoms with E-state index in [0.717, 1.165) is 12.8 Å². The molecule has 0 radical (unpaired) electrons. The molecule has 0 amide bonds. The van der Waals surface area contributed by atoms with Gasteiger partial charge in [-0.15, -0.1) is 0 Å². The monoisotopic (exact) mass is 239 g/mol. The molecule has 2 rings (SSSR count). The van der Waals surface area contributed by atoms with Gasteiger partial charge in [0.2, 0.25) is 0 Å². The predicted molar refractivity (Wildman–Crippen MR) is 58.4 cm³/mol. The van der Waals surface area contributed by atoms with Crippen LogP contribution in [0.25, 0.3) is 0 Å². The first kappa shape index (κ1) is 11.4. The summed E-state index contributed by atoms with van der Waals surface area (Å²) in [5, 5.41) is 9.46. The Morgan fingerprint density at radius 3 is 3.06 bits per heavy atom. The summed E-state index contributed by atoms with van der Waals surface area (Å²) in [6.07, 6.45) is 1.10. The maximum absolute atomic E-state index is 13.6. The third kappa shape index (κ3) is 2.18. The molecule has 0 N–H and O–H groups in total. The number of rotatable bonds is 1. The fourth-order valence-corrected chi connectivity index (χ4v) is 2.13. The summed E-state index contributed by atoms with van der Waals surface area (Å²) in [6.45, 7) is 0.564. The van der Waals surface area contributed by atoms with E-state index in [1.165, 1.54) is 18.2 Å². The summed E-state index contributed by atoms with van der Waals surface area (Å²) >= 11 is 5.82. The van der Waals surface area contributed by atoms with Crippen molar-refractivity contribution < 1.29 is 9.13 Å². The Balaban J connectivity index is 2.34. The van der Waals surface area contributed by atoms with E-state index >= 15 is 0 Å². The number of halogens is 2. The summed E-state index contributed by atoms with van der Waals surface area (Å²) < 4.78 is 19.1. The zero-order valence-electron chi connectivity index (χ0n) is 8.62. The van der Waals surface area contributed by atoms with Crippen molar-refractivity contribution in [3.8, 4) is 6.07 Å². The van der Waals surface area contributed by atoms with Crippen LogP contribution in [-0.2, 0) is 4.74 Å². The molecule has 1 saturated heterocycles. The van der Waals surface area contributed by atoms with Crippen LogP contribution in [0.4, 0.5) is 4.39 Å². The van der Waals surface area contributed by atoms with Crippen molar-refractivity contribution in [1.82, 2.24) is 0 Å². The highest BCUT2D eigenvalue weighted by Crippen LogP contribution is 2.35. The Labute approximate surface area is 98.6 Å². The van der Waals surface area contributed by atoms with E-state index in [0.29, 0.717) is 17.2 Å². The average molecular weight is 240 g/mol. The lowest BCUT2D eigenvalue weighted by Gasteiger charge is -2.27. The topological polar surface area (TPSA) is 33.0 Å². The van der Waals surface area contributed by atoms with Gasteiger partial charge < -0.3 is 4.74 Å². The van der Waals surface area contributed by atoms with Crippen LogP contribution >= 0.6 is 11.6 Å². The Kier molecular flexibility index (Phi) is 3.42. The second-order valence-electron chi connectivity index (χ2n) is 3.84. The molecule has 0 bridgehead atoms. The van der Waals surface area contributed by atoms with Gasteiger partial charge in [0.1, 0.15) is 11.9 Å². The number of nitrogens with zero attached hydrogens (tertiary/aromatic N) is 1. The number of benzene rings is 1. The van der Waals surface area contributed by atoms with Crippen molar-refractivity contribution in [2.24, 2.45) is 5.92 Å². The molecule has 84 valence electrons. The first-order valence-corrected chi connectivity index (χ1v) is 5.56. The third-order valence-corrected chi connectivity index (χ3v) is 2.99. The van der Waals surface area contributed by atoms with Gasteiger partial charge in [0.05, 0.1) is 12.0 Å². The van der Waals surface area contributed by atoms with Crippen LogP contribution in [0.2, 0.25) is 5.02 Å². The molecule has 16 heavy (non-hydrogen) atoms. The summed E-state index contributed by atoms with van der Waals surface area (Å²) in [6, 6.07) is 6.50. The van der Waals surface area contributed by atoms with Crippen molar-refractivity contribution >= 4 is 11.6 Å². The molecule has 1 aliphatic heterocycles. The van der Waals surface area contributed by atoms with E-state index in [9.17, 15) is 4.39 Å². The highest BCUT2D eigenvalue weighted by molar-refractivity contribution is 6.30. The molecule has 0 spiro atoms. The summed E-state index contributed by atoms with van der Waals surface area (Å²) in [7, 11) is 0. The number of hydrogen-bond donors (Lipinski definition) is 0. The zero-order valence-corrected chi connectivity index (χ0v) is 9.38. The Bertz CT molecular complexity index is 430. The van der Waals surface area contributed by atoms with Crippen LogP contribution in [0.15, 0.2) is 18.2 Å². The minimum Gasteiger partial charge on any atom is -0.372 e. The summed E-state index contributed by atoms with van der Waals surface area (Å²) in [5.74, 6) is -0.654. The smallest absolute Gasteiger partial charge is 0.129 e. The van der Waals surface area contributed by atoms with Gasteiger partial charge in [-0.1, -0.05) is 11.6 Å². The van der Waals surface area contributed by atoms with E-state index in [1.54, 1.807) is 0 Å². The van der Waals surface area contributed by atoms with Crippen LogP contribution < -0.4 is 0 Å². The van der Waals surface area contributed by atoms with Gasteiger partial charge >= 0.3 is 0 Å². The van der Waals surface area contributed by atoms with Gasteiger partial charge in [-0.25, -0.2) is 4.39 Å². The van der Waals surface area contributed by atoms with Crippen molar-refractivity contribution in [1.29, 1.82) is 5.26 Å². The van der Waals surface area contributed by atoms with Crippen LogP contribution in [0.5, 0.6) is 0 Å². The predicted octanol–water partition coefficient (Wildman–Crippen LogP) is 3.47. The van der Waals surface area contributed by atoms with E-state index < -0.39 is 6.10 Å². The lowest BCUT2D eigenvalue weighted by Crippen LogP contribution is -2.22. The molecule has 2 unspecified atom stereocenters. The van der Waals surface area contributed by atoms with E-state index in [4.69, 9.17) is 21.6 Å². The number of hydrogen-bond acceptors (Lipinski definition) is 2. The highest BCUT2D eigenvalue weighted by Gasteiger charge is 2.29. The van der Waals surface area contributed by atoms with Crippen LogP contribution in [0, 0.1) is 23.1 Å². The molecule has 1 aliphatic rings. The zero-order chi connectivity index (χ0) is 11.5. The highest BCUT2D eigenvalue weighted by atomic mass is 35.5. The van der Waals surface area contributed by atoms with E-state index in [2.05, 4.69) is 6.07 Å². The SMILES string of the molecule is N#CC1CCCOC1c1cc(Cl)ccc1F. The van der Waals surface area contributed by atoms with Crippen LogP contribution in [0.3, 0.4) is 0 Å². The van der Waals surface area contributed by atoms with Crippen molar-refractivity contribution in [2.75, 3.05) is 6.61 Å². The molecule has 2 atom stereocenters. The third-order valence-electron chi connectivity index (χ3n) is 2.75. The maximum Gasteiger partial charge on any atom is 0.129 e. The Hall–Kier alpha value is -1.11. The number of ether oxygens (including phenoxy) is 1. The van der Waals surface area contributed by atoms with Gasteiger partial charge in [-0.2, -0.15) is 5.26 Å². The lowest BCUT2D eigenvalue weighted by molar-refractivity contribution is -0.0121. The summed E-state index contributed by atoms with van der Waals surface area (Å²) in [5.41, 5.74) is 0.388. The molecule has 4 heteroatoms. The molecule has 0 aliphatic carbocycles.